The standard InChI is InChI=1S/C12H2F8O6S2/c13-3-1(4(14)8(18)11(7(3)17)27-26-25-21)2-5(15)9(19)12(28(22,23)24)10(20)6(2)16/h21H,(H,22,23,24). The molecule has 2 aromatic rings. The first-order valence-corrected chi connectivity index (χ1v) is 8.38. The summed E-state index contributed by atoms with van der Waals surface area (Å²) in [6, 6.07) is 0. The fourth-order valence-electron chi connectivity index (χ4n) is 2.01. The topological polar surface area (TPSA) is 93.1 Å². The van der Waals surface area contributed by atoms with Crippen LogP contribution in [0.1, 0.15) is 0 Å². The van der Waals surface area contributed by atoms with E-state index in [0.717, 1.165) is 0 Å². The average molecular weight is 458 g/mol. The molecule has 0 aliphatic heterocycles. The van der Waals surface area contributed by atoms with Crippen LogP contribution in [-0.4, -0.2) is 18.2 Å². The van der Waals surface area contributed by atoms with Crippen LogP contribution in [0, 0.1) is 46.5 Å². The van der Waals surface area contributed by atoms with Gasteiger partial charge in [0.05, 0.1) is 23.2 Å². The lowest BCUT2D eigenvalue weighted by Gasteiger charge is -2.14. The van der Waals surface area contributed by atoms with Crippen molar-refractivity contribution in [1.82, 2.24) is 0 Å². The van der Waals surface area contributed by atoms with Crippen LogP contribution < -0.4 is 0 Å². The van der Waals surface area contributed by atoms with Gasteiger partial charge in [0.25, 0.3) is 0 Å². The van der Waals surface area contributed by atoms with Crippen molar-refractivity contribution < 1.29 is 62.7 Å². The van der Waals surface area contributed by atoms with Gasteiger partial charge in [0.1, 0.15) is 4.90 Å². The molecular formula is C12H2F8O6S2. The van der Waals surface area contributed by atoms with Crippen LogP contribution in [0.25, 0.3) is 11.1 Å². The van der Waals surface area contributed by atoms with Crippen molar-refractivity contribution in [1.29, 1.82) is 0 Å². The minimum absolute atomic E-state index is 0.624. The predicted molar refractivity (Wildman–Crippen MR) is 72.0 cm³/mol. The maximum absolute atomic E-state index is 14.1. The summed E-state index contributed by atoms with van der Waals surface area (Å²) in [7, 11) is -5.88. The molecule has 28 heavy (non-hydrogen) atoms. The van der Waals surface area contributed by atoms with Crippen LogP contribution in [0.3, 0.4) is 0 Å². The maximum atomic E-state index is 14.1. The fraction of sp³-hybridized carbons (Fsp3) is 0. The van der Waals surface area contributed by atoms with Crippen molar-refractivity contribution in [2.45, 2.75) is 9.79 Å². The van der Waals surface area contributed by atoms with Gasteiger partial charge in [0, 0.05) is 0 Å². The van der Waals surface area contributed by atoms with Crippen LogP contribution in [0.5, 0.6) is 0 Å². The van der Waals surface area contributed by atoms with E-state index in [-0.39, 0.29) is 0 Å². The number of benzene rings is 2. The van der Waals surface area contributed by atoms with Gasteiger partial charge in [-0.05, 0) is 0 Å². The van der Waals surface area contributed by atoms with Crippen LogP contribution in [0.2, 0.25) is 0 Å². The van der Waals surface area contributed by atoms with Crippen LogP contribution in [-0.2, 0) is 19.5 Å². The van der Waals surface area contributed by atoms with Crippen molar-refractivity contribution in [2.75, 3.05) is 0 Å². The summed E-state index contributed by atoms with van der Waals surface area (Å²) in [5.41, 5.74) is -4.62. The van der Waals surface area contributed by atoms with Crippen molar-refractivity contribution in [2.24, 2.45) is 0 Å². The molecule has 6 nitrogen and oxygen atoms in total. The molecule has 0 saturated heterocycles. The molecule has 0 aromatic heterocycles. The highest BCUT2D eigenvalue weighted by Crippen LogP contribution is 2.41. The Hall–Kier alpha value is -1.98. The molecular weight excluding hydrogens is 456 g/mol. The monoisotopic (exact) mass is 458 g/mol. The summed E-state index contributed by atoms with van der Waals surface area (Å²) < 4.78 is 145. The summed E-state index contributed by atoms with van der Waals surface area (Å²) >= 11 is -0.624. The van der Waals surface area contributed by atoms with E-state index in [4.69, 9.17) is 9.81 Å². The number of halogens is 8. The van der Waals surface area contributed by atoms with E-state index >= 15 is 0 Å². The summed E-state index contributed by atoms with van der Waals surface area (Å²) in [6.07, 6.45) is 0. The summed E-state index contributed by atoms with van der Waals surface area (Å²) in [4.78, 5) is -4.20. The highest BCUT2D eigenvalue weighted by molar-refractivity contribution is 7.94. The van der Waals surface area contributed by atoms with Gasteiger partial charge in [0.15, 0.2) is 51.4 Å². The van der Waals surface area contributed by atoms with Gasteiger partial charge in [-0.15, -0.1) is 4.33 Å². The first kappa shape index (κ1) is 22.3. The Morgan fingerprint density at radius 3 is 1.36 bits per heavy atom. The lowest BCUT2D eigenvalue weighted by molar-refractivity contribution is -0.432. The maximum Gasteiger partial charge on any atom is 0.300 e. The summed E-state index contributed by atoms with van der Waals surface area (Å²) in [6.45, 7) is 0. The molecule has 2 N–H and O–H groups in total. The van der Waals surface area contributed by atoms with Crippen molar-refractivity contribution in [3.63, 3.8) is 0 Å². The molecule has 0 aliphatic rings. The van der Waals surface area contributed by atoms with E-state index < -0.39 is 89.6 Å². The molecule has 0 unspecified atom stereocenters. The molecule has 154 valence electrons. The second-order valence-corrected chi connectivity index (χ2v) is 6.69. The molecule has 2 aromatic carbocycles. The molecule has 0 amide bonds. The SMILES string of the molecule is O=S(=O)(O)c1c(F)c(F)c(-c2c(F)c(F)c(SOOO)c(F)c2F)c(F)c1F. The molecule has 2 rings (SSSR count). The van der Waals surface area contributed by atoms with Gasteiger partial charge in [-0.3, -0.25) is 4.55 Å². The minimum atomic E-state index is -5.88. The highest BCUT2D eigenvalue weighted by Gasteiger charge is 2.37. The molecule has 0 atom stereocenters. The van der Waals surface area contributed by atoms with Gasteiger partial charge in [-0.2, -0.15) is 8.42 Å². The Balaban J connectivity index is 2.95. The second kappa shape index (κ2) is 7.80. The Morgan fingerprint density at radius 2 is 1.04 bits per heavy atom. The first-order chi connectivity index (χ1) is 12.9. The smallest absolute Gasteiger partial charge is 0.282 e. The molecule has 0 fully saturated rings. The predicted octanol–water partition coefficient (Wildman–Crippen LogP) is 4.14. The normalized spacial score (nSPS) is 11.9. The second-order valence-electron chi connectivity index (χ2n) is 4.62. The fourth-order valence-corrected chi connectivity index (χ4v) is 3.07. The third kappa shape index (κ3) is 3.53. The van der Waals surface area contributed by atoms with Crippen molar-refractivity contribution in [3.05, 3.63) is 46.5 Å². The first-order valence-electron chi connectivity index (χ1n) is 6.20. The van der Waals surface area contributed by atoms with Gasteiger partial charge in [0.2, 0.25) is 0 Å². The molecule has 0 bridgehead atoms. The Labute approximate surface area is 153 Å². The molecule has 0 radical (unpaired) electrons. The zero-order chi connectivity index (χ0) is 21.5. The van der Waals surface area contributed by atoms with E-state index in [1.165, 1.54) is 0 Å². The van der Waals surface area contributed by atoms with Crippen LogP contribution in [0.4, 0.5) is 35.1 Å². The molecule has 0 spiro atoms. The summed E-state index contributed by atoms with van der Waals surface area (Å²) in [5.74, 6) is -21.1. The van der Waals surface area contributed by atoms with Crippen molar-refractivity contribution in [3.8, 4) is 11.1 Å². The highest BCUT2D eigenvalue weighted by atomic mass is 32.2. The average Bonchev–Trinajstić information content (AvgIpc) is 2.60. The number of hydrogen-bond donors (Lipinski definition) is 2. The zero-order valence-corrected chi connectivity index (χ0v) is 14.0. The lowest BCUT2D eigenvalue weighted by atomic mass is 10.0. The summed E-state index contributed by atoms with van der Waals surface area (Å²) in [5, 5.41) is 10.8. The number of hydrogen-bond acceptors (Lipinski definition) is 6. The van der Waals surface area contributed by atoms with E-state index in [1.54, 1.807) is 0 Å². The van der Waals surface area contributed by atoms with Gasteiger partial charge in [-0.25, -0.2) is 40.4 Å². The minimum Gasteiger partial charge on any atom is -0.282 e. The van der Waals surface area contributed by atoms with Gasteiger partial charge >= 0.3 is 10.1 Å². The van der Waals surface area contributed by atoms with E-state index in [2.05, 4.69) is 9.37 Å². The van der Waals surface area contributed by atoms with E-state index in [9.17, 15) is 43.5 Å². The largest absolute Gasteiger partial charge is 0.300 e. The number of rotatable bonds is 5. The van der Waals surface area contributed by atoms with Crippen molar-refractivity contribution >= 4 is 22.2 Å². The van der Waals surface area contributed by atoms with Gasteiger partial charge < -0.3 is 0 Å². The zero-order valence-electron chi connectivity index (χ0n) is 12.4. The van der Waals surface area contributed by atoms with E-state index in [1.807, 2.05) is 0 Å². The third-order valence-electron chi connectivity index (χ3n) is 3.10. The molecule has 0 heterocycles. The Bertz CT molecular complexity index is 1020. The molecule has 16 heteroatoms. The Morgan fingerprint density at radius 1 is 0.679 bits per heavy atom. The molecule has 0 saturated carbocycles. The molecule has 0 aliphatic carbocycles. The third-order valence-corrected chi connectivity index (χ3v) is 4.63. The Kier molecular flexibility index (Phi) is 6.22. The van der Waals surface area contributed by atoms with E-state index in [0.29, 0.717) is 0 Å². The van der Waals surface area contributed by atoms with Crippen LogP contribution in [0.15, 0.2) is 9.79 Å². The van der Waals surface area contributed by atoms with Gasteiger partial charge in [-0.1, -0.05) is 5.04 Å². The quantitative estimate of drug-likeness (QED) is 0.174. The van der Waals surface area contributed by atoms with Crippen LogP contribution >= 0.6 is 12.0 Å². The lowest BCUT2D eigenvalue weighted by Crippen LogP contribution is -2.13.